The summed E-state index contributed by atoms with van der Waals surface area (Å²) in [5.74, 6) is 1.53. The van der Waals surface area contributed by atoms with Crippen molar-refractivity contribution in [3.63, 3.8) is 0 Å². The third-order valence-electron chi connectivity index (χ3n) is 5.24. The Morgan fingerprint density at radius 1 is 1.31 bits per heavy atom. The van der Waals surface area contributed by atoms with Gasteiger partial charge in [0.05, 0.1) is 18.8 Å². The van der Waals surface area contributed by atoms with Crippen molar-refractivity contribution in [2.24, 2.45) is 5.73 Å². The summed E-state index contributed by atoms with van der Waals surface area (Å²) in [6.45, 7) is 1.00. The van der Waals surface area contributed by atoms with Gasteiger partial charge in [-0.3, -0.25) is 4.79 Å². The largest absolute Gasteiger partial charge is 0.382 e. The van der Waals surface area contributed by atoms with Crippen LogP contribution in [0.25, 0.3) is 0 Å². The summed E-state index contributed by atoms with van der Waals surface area (Å²) < 4.78 is 15.6. The molecule has 1 aromatic rings. The van der Waals surface area contributed by atoms with Crippen LogP contribution in [0.1, 0.15) is 62.6 Å². The number of aromatic nitrogens is 2. The molecular formula is C17H29ClN4O4. The van der Waals surface area contributed by atoms with Gasteiger partial charge in [-0.25, -0.2) is 0 Å². The minimum absolute atomic E-state index is 0. The van der Waals surface area contributed by atoms with Gasteiger partial charge in [0.2, 0.25) is 11.8 Å². The summed E-state index contributed by atoms with van der Waals surface area (Å²) in [5, 5.41) is 7.12. The lowest BCUT2D eigenvalue weighted by Crippen LogP contribution is -2.44. The summed E-state index contributed by atoms with van der Waals surface area (Å²) in [5.41, 5.74) is 5.87. The Bertz CT molecular complexity index is 571. The van der Waals surface area contributed by atoms with Crippen LogP contribution < -0.4 is 11.1 Å². The van der Waals surface area contributed by atoms with Gasteiger partial charge in [-0.1, -0.05) is 5.16 Å². The molecule has 2 fully saturated rings. The molecule has 0 saturated heterocycles. The number of hydrogen-bond donors (Lipinski definition) is 2. The number of nitrogens with two attached hydrogens (primary N) is 1. The average molecular weight is 389 g/mol. The van der Waals surface area contributed by atoms with Crippen LogP contribution in [0.5, 0.6) is 0 Å². The van der Waals surface area contributed by atoms with E-state index in [1.54, 1.807) is 7.11 Å². The SMILES string of the molecule is COCCOCC(=O)NC1CCC(c2nc(C3(N)CCC3)no2)CC1.Cl. The van der Waals surface area contributed by atoms with Crippen molar-refractivity contribution in [1.82, 2.24) is 15.5 Å². The first-order valence-corrected chi connectivity index (χ1v) is 9.10. The van der Waals surface area contributed by atoms with E-state index in [1.807, 2.05) is 0 Å². The molecule has 8 nitrogen and oxygen atoms in total. The van der Waals surface area contributed by atoms with Gasteiger partial charge in [-0.05, 0) is 44.9 Å². The normalized spacial score (nSPS) is 24.4. The zero-order chi connectivity index (χ0) is 17.7. The van der Waals surface area contributed by atoms with Crippen molar-refractivity contribution >= 4 is 18.3 Å². The molecule has 3 rings (SSSR count). The van der Waals surface area contributed by atoms with Crippen molar-refractivity contribution in [3.8, 4) is 0 Å². The number of hydrogen-bond acceptors (Lipinski definition) is 7. The summed E-state index contributed by atoms with van der Waals surface area (Å²) >= 11 is 0. The molecule has 2 saturated carbocycles. The third-order valence-corrected chi connectivity index (χ3v) is 5.24. The molecule has 148 valence electrons. The molecule has 0 radical (unpaired) electrons. The van der Waals surface area contributed by atoms with Crippen LogP contribution in [-0.4, -0.2) is 49.0 Å². The van der Waals surface area contributed by atoms with Crippen LogP contribution >= 0.6 is 12.4 Å². The van der Waals surface area contributed by atoms with Crippen LogP contribution in [0.2, 0.25) is 0 Å². The zero-order valence-electron chi connectivity index (χ0n) is 15.2. The average Bonchev–Trinajstić information content (AvgIpc) is 3.08. The van der Waals surface area contributed by atoms with E-state index in [0.29, 0.717) is 24.9 Å². The van der Waals surface area contributed by atoms with E-state index < -0.39 is 0 Å². The fraction of sp³-hybridized carbons (Fsp3) is 0.824. The molecule has 3 N–H and O–H groups in total. The maximum absolute atomic E-state index is 11.8. The van der Waals surface area contributed by atoms with Crippen molar-refractivity contribution in [2.45, 2.75) is 62.4 Å². The molecule has 0 aliphatic heterocycles. The van der Waals surface area contributed by atoms with Gasteiger partial charge in [0.1, 0.15) is 6.61 Å². The topological polar surface area (TPSA) is 112 Å². The number of methoxy groups -OCH3 is 1. The number of ether oxygens (including phenoxy) is 2. The minimum Gasteiger partial charge on any atom is -0.382 e. The molecule has 0 spiro atoms. The highest BCUT2D eigenvalue weighted by Gasteiger charge is 2.39. The predicted octanol–water partition coefficient (Wildman–Crippen LogP) is 1.63. The summed E-state index contributed by atoms with van der Waals surface area (Å²) in [4.78, 5) is 16.4. The summed E-state index contributed by atoms with van der Waals surface area (Å²) in [7, 11) is 1.60. The first-order valence-electron chi connectivity index (χ1n) is 9.10. The highest BCUT2D eigenvalue weighted by molar-refractivity contribution is 5.85. The van der Waals surface area contributed by atoms with Gasteiger partial charge in [0.25, 0.3) is 0 Å². The lowest BCUT2D eigenvalue weighted by molar-refractivity contribution is -0.127. The lowest BCUT2D eigenvalue weighted by Gasteiger charge is -2.34. The van der Waals surface area contributed by atoms with E-state index >= 15 is 0 Å². The molecule has 1 amide bonds. The molecule has 26 heavy (non-hydrogen) atoms. The Hall–Kier alpha value is -1.22. The first-order chi connectivity index (χ1) is 12.1. The molecule has 2 aliphatic carbocycles. The number of halogens is 1. The highest BCUT2D eigenvalue weighted by Crippen LogP contribution is 2.38. The fourth-order valence-electron chi connectivity index (χ4n) is 3.45. The van der Waals surface area contributed by atoms with Gasteiger partial charge >= 0.3 is 0 Å². The van der Waals surface area contributed by atoms with Crippen molar-refractivity contribution in [1.29, 1.82) is 0 Å². The van der Waals surface area contributed by atoms with Gasteiger partial charge in [0, 0.05) is 19.1 Å². The quantitative estimate of drug-likeness (QED) is 0.651. The van der Waals surface area contributed by atoms with Crippen LogP contribution in [-0.2, 0) is 19.8 Å². The monoisotopic (exact) mass is 388 g/mol. The van der Waals surface area contributed by atoms with Crippen molar-refractivity contribution in [3.05, 3.63) is 11.7 Å². The second-order valence-electron chi connectivity index (χ2n) is 7.13. The van der Waals surface area contributed by atoms with Crippen LogP contribution in [0.3, 0.4) is 0 Å². The maximum atomic E-state index is 11.8. The molecule has 0 bridgehead atoms. The summed E-state index contributed by atoms with van der Waals surface area (Å²) in [6, 6.07) is 0.185. The Balaban J connectivity index is 0.00000243. The number of rotatable bonds is 8. The first kappa shape index (κ1) is 21.1. The molecular weight excluding hydrogens is 360 g/mol. The number of carbonyl (C=O) groups excluding carboxylic acids is 1. The Labute approximate surface area is 160 Å². The molecule has 1 heterocycles. The predicted molar refractivity (Wildman–Crippen MR) is 97.1 cm³/mol. The molecule has 1 aromatic heterocycles. The lowest BCUT2D eigenvalue weighted by atomic mass is 9.77. The Morgan fingerprint density at radius 3 is 2.65 bits per heavy atom. The van der Waals surface area contributed by atoms with E-state index in [4.69, 9.17) is 19.7 Å². The molecule has 9 heteroatoms. The van der Waals surface area contributed by atoms with Crippen molar-refractivity contribution < 1.29 is 18.8 Å². The van der Waals surface area contributed by atoms with Gasteiger partial charge < -0.3 is 25.0 Å². The van der Waals surface area contributed by atoms with Crippen molar-refractivity contribution in [2.75, 3.05) is 26.9 Å². The van der Waals surface area contributed by atoms with Gasteiger partial charge in [-0.2, -0.15) is 4.98 Å². The van der Waals surface area contributed by atoms with Gasteiger partial charge in [0.15, 0.2) is 5.82 Å². The second kappa shape index (κ2) is 9.64. The number of nitrogens with zero attached hydrogens (tertiary/aromatic N) is 2. The molecule has 2 aliphatic rings. The van der Waals surface area contributed by atoms with E-state index in [1.165, 1.54) is 0 Å². The smallest absolute Gasteiger partial charge is 0.246 e. The Morgan fingerprint density at radius 2 is 2.04 bits per heavy atom. The number of nitrogens with one attached hydrogen (secondary N) is 1. The molecule has 0 unspecified atom stereocenters. The Kier molecular flexibility index (Phi) is 7.82. The van der Waals surface area contributed by atoms with Crippen LogP contribution in [0.4, 0.5) is 0 Å². The maximum Gasteiger partial charge on any atom is 0.246 e. The van der Waals surface area contributed by atoms with Gasteiger partial charge in [-0.15, -0.1) is 12.4 Å². The fourth-order valence-corrected chi connectivity index (χ4v) is 3.45. The highest BCUT2D eigenvalue weighted by atomic mass is 35.5. The van der Waals surface area contributed by atoms with E-state index in [-0.39, 0.29) is 42.4 Å². The molecule has 0 aromatic carbocycles. The zero-order valence-corrected chi connectivity index (χ0v) is 16.1. The second-order valence-corrected chi connectivity index (χ2v) is 7.13. The van der Waals surface area contributed by atoms with E-state index in [0.717, 1.165) is 44.9 Å². The minimum atomic E-state index is -0.379. The number of amides is 1. The standard InChI is InChI=1S/C17H28N4O4.ClH/c1-23-9-10-24-11-14(22)19-13-5-3-12(4-6-13)15-20-16(21-25-15)17(18)7-2-8-17;/h12-13H,2-11,18H2,1H3,(H,19,22);1H. The van der Waals surface area contributed by atoms with E-state index in [9.17, 15) is 4.79 Å². The van der Waals surface area contributed by atoms with Crippen LogP contribution in [0.15, 0.2) is 4.52 Å². The van der Waals surface area contributed by atoms with E-state index in [2.05, 4.69) is 15.5 Å². The number of carbonyl (C=O) groups is 1. The molecule has 0 atom stereocenters. The van der Waals surface area contributed by atoms with Crippen LogP contribution in [0, 0.1) is 0 Å². The third kappa shape index (κ3) is 5.16. The summed E-state index contributed by atoms with van der Waals surface area (Å²) in [6.07, 6.45) is 6.64.